The summed E-state index contributed by atoms with van der Waals surface area (Å²) in [5.74, 6) is 0.172. The quantitative estimate of drug-likeness (QED) is 0.602. The standard InChI is InChI=1S/C15H23N3O5S/c1-10-8-12(11-4-3-5-16-9-11)23-15(20)13(10)14(19)17-6-7-18-24(2,21)22/h8,11,16,18H,3-7,9H2,1-2H3,(H,17,19). The summed E-state index contributed by atoms with van der Waals surface area (Å²) in [5.41, 5.74) is -0.147. The highest BCUT2D eigenvalue weighted by Gasteiger charge is 2.22. The molecule has 1 saturated heterocycles. The van der Waals surface area contributed by atoms with E-state index in [2.05, 4.69) is 15.4 Å². The third kappa shape index (κ3) is 5.15. The van der Waals surface area contributed by atoms with Crippen LogP contribution in [-0.4, -0.2) is 46.8 Å². The lowest BCUT2D eigenvalue weighted by molar-refractivity contribution is 0.0949. The maximum absolute atomic E-state index is 12.2. The Morgan fingerprint density at radius 1 is 1.42 bits per heavy atom. The Bertz CT molecular complexity index is 751. The Balaban J connectivity index is 2.04. The van der Waals surface area contributed by atoms with Gasteiger partial charge < -0.3 is 15.1 Å². The number of aryl methyl sites for hydroxylation is 1. The highest BCUT2D eigenvalue weighted by atomic mass is 32.2. The van der Waals surface area contributed by atoms with Crippen LogP contribution in [0.5, 0.6) is 0 Å². The lowest BCUT2D eigenvalue weighted by atomic mass is 9.95. The molecule has 8 nitrogen and oxygen atoms in total. The molecule has 1 fully saturated rings. The molecule has 24 heavy (non-hydrogen) atoms. The van der Waals surface area contributed by atoms with Gasteiger partial charge in [0.1, 0.15) is 11.3 Å². The summed E-state index contributed by atoms with van der Waals surface area (Å²) in [5, 5.41) is 5.77. The van der Waals surface area contributed by atoms with E-state index in [9.17, 15) is 18.0 Å². The van der Waals surface area contributed by atoms with Crippen LogP contribution in [0.4, 0.5) is 0 Å². The van der Waals surface area contributed by atoms with E-state index in [0.717, 1.165) is 32.2 Å². The number of amides is 1. The molecule has 1 amide bonds. The van der Waals surface area contributed by atoms with Gasteiger partial charge in [-0.25, -0.2) is 17.9 Å². The summed E-state index contributed by atoms with van der Waals surface area (Å²) in [6.45, 7) is 3.55. The van der Waals surface area contributed by atoms with Gasteiger partial charge in [0.2, 0.25) is 10.0 Å². The molecule has 1 aliphatic heterocycles. The zero-order valence-electron chi connectivity index (χ0n) is 13.8. The smallest absolute Gasteiger partial charge is 0.349 e. The van der Waals surface area contributed by atoms with Crippen molar-refractivity contribution in [3.8, 4) is 0 Å². The number of sulfonamides is 1. The van der Waals surface area contributed by atoms with E-state index in [-0.39, 0.29) is 24.6 Å². The molecule has 1 aromatic rings. The fourth-order valence-electron chi connectivity index (χ4n) is 2.70. The summed E-state index contributed by atoms with van der Waals surface area (Å²) < 4.78 is 29.5. The largest absolute Gasteiger partial charge is 0.427 e. The normalized spacial score (nSPS) is 18.3. The average Bonchev–Trinajstić information content (AvgIpc) is 2.51. The Morgan fingerprint density at radius 2 is 2.17 bits per heavy atom. The van der Waals surface area contributed by atoms with Crippen LogP contribution in [0, 0.1) is 6.92 Å². The molecular formula is C15H23N3O5S. The van der Waals surface area contributed by atoms with Crippen molar-refractivity contribution in [2.45, 2.75) is 25.7 Å². The maximum Gasteiger partial charge on any atom is 0.349 e. The molecule has 9 heteroatoms. The molecule has 0 spiro atoms. The van der Waals surface area contributed by atoms with Gasteiger partial charge in [-0.15, -0.1) is 0 Å². The van der Waals surface area contributed by atoms with Gasteiger partial charge >= 0.3 is 5.63 Å². The van der Waals surface area contributed by atoms with Crippen LogP contribution in [-0.2, 0) is 10.0 Å². The predicted octanol–water partition coefficient (Wildman–Crippen LogP) is -0.306. The van der Waals surface area contributed by atoms with Crippen LogP contribution in [0.2, 0.25) is 0 Å². The zero-order valence-corrected chi connectivity index (χ0v) is 14.7. The number of nitrogens with one attached hydrogen (secondary N) is 3. The Hall–Kier alpha value is -1.71. The summed E-state index contributed by atoms with van der Waals surface area (Å²) in [6.07, 6.45) is 2.99. The van der Waals surface area contributed by atoms with E-state index in [1.165, 1.54) is 0 Å². The molecular weight excluding hydrogens is 334 g/mol. The second-order valence-corrected chi connectivity index (χ2v) is 7.79. The molecule has 1 unspecified atom stereocenters. The molecule has 0 saturated carbocycles. The van der Waals surface area contributed by atoms with Crippen molar-refractivity contribution in [3.63, 3.8) is 0 Å². The number of rotatable bonds is 6. The van der Waals surface area contributed by atoms with E-state index in [1.54, 1.807) is 13.0 Å². The minimum absolute atomic E-state index is 0.0399. The van der Waals surface area contributed by atoms with Gasteiger partial charge in [0.05, 0.1) is 6.26 Å². The van der Waals surface area contributed by atoms with Crippen molar-refractivity contribution in [1.29, 1.82) is 0 Å². The lowest BCUT2D eigenvalue weighted by Gasteiger charge is -2.22. The van der Waals surface area contributed by atoms with Crippen LogP contribution in [0.25, 0.3) is 0 Å². The van der Waals surface area contributed by atoms with Gasteiger partial charge in [0.15, 0.2) is 0 Å². The van der Waals surface area contributed by atoms with Crippen molar-refractivity contribution in [3.05, 3.63) is 33.4 Å². The van der Waals surface area contributed by atoms with Gasteiger partial charge in [-0.05, 0) is 37.9 Å². The van der Waals surface area contributed by atoms with E-state index < -0.39 is 21.6 Å². The average molecular weight is 357 g/mol. The third-order valence-electron chi connectivity index (χ3n) is 3.87. The minimum atomic E-state index is -3.31. The summed E-state index contributed by atoms with van der Waals surface area (Å²) in [6, 6.07) is 1.74. The van der Waals surface area contributed by atoms with Crippen molar-refractivity contribution in [1.82, 2.24) is 15.4 Å². The molecule has 0 radical (unpaired) electrons. The summed E-state index contributed by atoms with van der Waals surface area (Å²) in [7, 11) is -3.31. The molecule has 0 aliphatic carbocycles. The fraction of sp³-hybridized carbons (Fsp3) is 0.600. The maximum atomic E-state index is 12.2. The number of carbonyl (C=O) groups excluding carboxylic acids is 1. The van der Waals surface area contributed by atoms with Crippen LogP contribution in [0.15, 0.2) is 15.3 Å². The molecule has 2 heterocycles. The van der Waals surface area contributed by atoms with E-state index >= 15 is 0 Å². The summed E-state index contributed by atoms with van der Waals surface area (Å²) in [4.78, 5) is 24.3. The Kier molecular flexibility index (Phi) is 6.14. The second-order valence-electron chi connectivity index (χ2n) is 5.96. The van der Waals surface area contributed by atoms with Crippen molar-refractivity contribution >= 4 is 15.9 Å². The minimum Gasteiger partial charge on any atom is -0.427 e. The van der Waals surface area contributed by atoms with Crippen LogP contribution in [0.1, 0.15) is 40.4 Å². The highest BCUT2D eigenvalue weighted by molar-refractivity contribution is 7.88. The number of hydrogen-bond acceptors (Lipinski definition) is 6. The van der Waals surface area contributed by atoms with Crippen molar-refractivity contribution in [2.75, 3.05) is 32.4 Å². The topological polar surface area (TPSA) is 118 Å². The van der Waals surface area contributed by atoms with Crippen molar-refractivity contribution < 1.29 is 17.6 Å². The molecule has 134 valence electrons. The fourth-order valence-corrected chi connectivity index (χ4v) is 3.18. The van der Waals surface area contributed by atoms with Gasteiger partial charge in [0, 0.05) is 25.6 Å². The molecule has 0 aromatic carbocycles. The monoisotopic (exact) mass is 357 g/mol. The molecule has 1 atom stereocenters. The van der Waals surface area contributed by atoms with Gasteiger partial charge in [-0.2, -0.15) is 0 Å². The first kappa shape index (κ1) is 18.6. The van der Waals surface area contributed by atoms with Crippen LogP contribution in [0.3, 0.4) is 0 Å². The van der Waals surface area contributed by atoms with Crippen LogP contribution >= 0.6 is 0 Å². The van der Waals surface area contributed by atoms with Gasteiger partial charge in [-0.3, -0.25) is 4.79 Å². The van der Waals surface area contributed by atoms with Gasteiger partial charge in [0.25, 0.3) is 5.91 Å². The number of carbonyl (C=O) groups is 1. The van der Waals surface area contributed by atoms with E-state index in [1.807, 2.05) is 0 Å². The zero-order chi connectivity index (χ0) is 17.7. The first-order valence-corrected chi connectivity index (χ1v) is 9.75. The molecule has 0 bridgehead atoms. The molecule has 3 N–H and O–H groups in total. The van der Waals surface area contributed by atoms with Crippen LogP contribution < -0.4 is 21.0 Å². The SMILES string of the molecule is Cc1cc(C2CCCNC2)oc(=O)c1C(=O)NCCNS(C)(=O)=O. The van der Waals surface area contributed by atoms with E-state index in [4.69, 9.17) is 4.42 Å². The lowest BCUT2D eigenvalue weighted by Crippen LogP contribution is -2.36. The first-order chi connectivity index (χ1) is 11.3. The van der Waals surface area contributed by atoms with Gasteiger partial charge in [-0.1, -0.05) is 0 Å². The molecule has 1 aliphatic rings. The molecule has 2 rings (SSSR count). The number of piperidine rings is 1. The van der Waals surface area contributed by atoms with Crippen molar-refractivity contribution in [2.24, 2.45) is 0 Å². The molecule has 1 aromatic heterocycles. The Labute approximate surface area is 141 Å². The third-order valence-corrected chi connectivity index (χ3v) is 4.60. The number of hydrogen-bond donors (Lipinski definition) is 3. The van der Waals surface area contributed by atoms with E-state index in [0.29, 0.717) is 11.3 Å². The highest BCUT2D eigenvalue weighted by Crippen LogP contribution is 2.23. The first-order valence-electron chi connectivity index (χ1n) is 7.86. The second kappa shape index (κ2) is 7.91. The summed E-state index contributed by atoms with van der Waals surface area (Å²) >= 11 is 0. The predicted molar refractivity (Wildman–Crippen MR) is 89.7 cm³/mol. The Morgan fingerprint density at radius 3 is 2.75 bits per heavy atom.